The van der Waals surface area contributed by atoms with Gasteiger partial charge in [-0.2, -0.15) is 0 Å². The topological polar surface area (TPSA) is 42.0 Å². The third-order valence-corrected chi connectivity index (χ3v) is 2.12. The number of carbonyl (C=O) groups excluding carboxylic acids is 1. The average molecular weight is 213 g/mol. The van der Waals surface area contributed by atoms with E-state index in [0.29, 0.717) is 18.8 Å². The lowest BCUT2D eigenvalue weighted by molar-refractivity contribution is -0.120. The molecule has 1 heterocycles. The van der Waals surface area contributed by atoms with E-state index >= 15 is 0 Å². The lowest BCUT2D eigenvalue weighted by Crippen LogP contribution is -2.23. The molecular weight excluding hydrogens is 200 g/mol. The van der Waals surface area contributed by atoms with E-state index in [0.717, 1.165) is 11.1 Å². The van der Waals surface area contributed by atoms with Crippen LogP contribution in [0.4, 0.5) is 0 Å². The maximum atomic E-state index is 11.1. The first-order valence-electron chi connectivity index (χ1n) is 4.46. The maximum absolute atomic E-state index is 11.1. The predicted octanol–water partition coefficient (Wildman–Crippen LogP) is 1.64. The summed E-state index contributed by atoms with van der Waals surface area (Å²) < 4.78 is 0. The maximum Gasteiger partial charge on any atom is 0.221 e. The van der Waals surface area contributed by atoms with Gasteiger partial charge in [0.25, 0.3) is 0 Å². The van der Waals surface area contributed by atoms with Crippen LogP contribution in [0.25, 0.3) is 0 Å². The number of nitrogens with one attached hydrogen (secondary N) is 1. The van der Waals surface area contributed by atoms with Gasteiger partial charge in [-0.1, -0.05) is 0 Å². The number of pyridine rings is 1. The summed E-state index contributed by atoms with van der Waals surface area (Å²) in [6, 6.07) is 1.90. The lowest BCUT2D eigenvalue weighted by atomic mass is 10.1. The number of alkyl halides is 1. The van der Waals surface area contributed by atoms with Crippen molar-refractivity contribution in [1.29, 1.82) is 0 Å². The van der Waals surface area contributed by atoms with Crippen molar-refractivity contribution in [3.8, 4) is 0 Å². The van der Waals surface area contributed by atoms with Crippen LogP contribution in [-0.4, -0.2) is 16.8 Å². The standard InChI is InChI=1S/C10H13ClN2O/c1-8-6-12-5-3-9(8)7-13-10(14)2-4-11/h3,5-6H,2,4,7H2,1H3,(H,13,14). The van der Waals surface area contributed by atoms with Crippen LogP contribution in [0.15, 0.2) is 18.5 Å². The molecule has 4 heteroatoms. The summed E-state index contributed by atoms with van der Waals surface area (Å²) in [5.41, 5.74) is 2.17. The van der Waals surface area contributed by atoms with E-state index in [2.05, 4.69) is 10.3 Å². The Bertz CT molecular complexity index is 315. The van der Waals surface area contributed by atoms with Crippen LogP contribution in [0.3, 0.4) is 0 Å². The molecule has 0 aliphatic heterocycles. The molecule has 0 aliphatic rings. The number of carbonyl (C=O) groups is 1. The average Bonchev–Trinajstić information content (AvgIpc) is 2.17. The van der Waals surface area contributed by atoms with Crippen molar-refractivity contribution in [2.24, 2.45) is 0 Å². The normalized spacial score (nSPS) is 9.86. The molecule has 0 radical (unpaired) electrons. The Morgan fingerprint density at radius 1 is 1.64 bits per heavy atom. The van der Waals surface area contributed by atoms with Gasteiger partial charge in [0.05, 0.1) is 0 Å². The van der Waals surface area contributed by atoms with E-state index in [4.69, 9.17) is 11.6 Å². The Balaban J connectivity index is 2.46. The van der Waals surface area contributed by atoms with Gasteiger partial charge in [-0.3, -0.25) is 9.78 Å². The SMILES string of the molecule is Cc1cnccc1CNC(=O)CCCl. The van der Waals surface area contributed by atoms with Crippen LogP contribution < -0.4 is 5.32 Å². The summed E-state index contributed by atoms with van der Waals surface area (Å²) in [7, 11) is 0. The molecule has 3 nitrogen and oxygen atoms in total. The van der Waals surface area contributed by atoms with Crippen molar-refractivity contribution in [2.75, 3.05) is 5.88 Å². The summed E-state index contributed by atoms with van der Waals surface area (Å²) in [6.45, 7) is 2.51. The van der Waals surface area contributed by atoms with Gasteiger partial charge in [0.15, 0.2) is 0 Å². The molecule has 0 bridgehead atoms. The quantitative estimate of drug-likeness (QED) is 0.771. The fourth-order valence-electron chi connectivity index (χ4n) is 1.07. The highest BCUT2D eigenvalue weighted by Crippen LogP contribution is 2.04. The van der Waals surface area contributed by atoms with Gasteiger partial charge in [-0.15, -0.1) is 11.6 Å². The fourth-order valence-corrected chi connectivity index (χ4v) is 1.24. The molecule has 0 atom stereocenters. The summed E-state index contributed by atoms with van der Waals surface area (Å²) in [4.78, 5) is 15.1. The molecule has 0 aliphatic carbocycles. The molecule has 0 unspecified atom stereocenters. The Morgan fingerprint density at radius 2 is 2.43 bits per heavy atom. The number of aryl methyl sites for hydroxylation is 1. The molecule has 1 rings (SSSR count). The first-order valence-corrected chi connectivity index (χ1v) is 4.99. The predicted molar refractivity (Wildman–Crippen MR) is 56.2 cm³/mol. The fraction of sp³-hybridized carbons (Fsp3) is 0.400. The number of nitrogens with zero attached hydrogens (tertiary/aromatic N) is 1. The van der Waals surface area contributed by atoms with Crippen molar-refractivity contribution in [3.63, 3.8) is 0 Å². The van der Waals surface area contributed by atoms with E-state index in [1.165, 1.54) is 0 Å². The summed E-state index contributed by atoms with van der Waals surface area (Å²) in [5.74, 6) is 0.345. The van der Waals surface area contributed by atoms with E-state index < -0.39 is 0 Å². The number of hydrogen-bond acceptors (Lipinski definition) is 2. The second-order valence-electron chi connectivity index (χ2n) is 3.02. The highest BCUT2D eigenvalue weighted by molar-refractivity contribution is 6.18. The van der Waals surface area contributed by atoms with Gasteiger partial charge in [0.2, 0.25) is 5.91 Å². The summed E-state index contributed by atoms with van der Waals surface area (Å²) in [5, 5.41) is 2.79. The minimum absolute atomic E-state index is 0.0174. The Kier molecular flexibility index (Phi) is 4.40. The van der Waals surface area contributed by atoms with E-state index in [-0.39, 0.29) is 5.91 Å². The van der Waals surface area contributed by atoms with Crippen molar-refractivity contribution >= 4 is 17.5 Å². The monoisotopic (exact) mass is 212 g/mol. The smallest absolute Gasteiger partial charge is 0.221 e. The zero-order valence-electron chi connectivity index (χ0n) is 8.09. The molecule has 14 heavy (non-hydrogen) atoms. The van der Waals surface area contributed by atoms with Crippen molar-refractivity contribution < 1.29 is 4.79 Å². The molecule has 0 aromatic carbocycles. The van der Waals surface area contributed by atoms with Crippen molar-refractivity contribution in [1.82, 2.24) is 10.3 Å². The van der Waals surface area contributed by atoms with Crippen molar-refractivity contribution in [2.45, 2.75) is 19.9 Å². The van der Waals surface area contributed by atoms with E-state index in [1.807, 2.05) is 13.0 Å². The van der Waals surface area contributed by atoms with Gasteiger partial charge in [-0.05, 0) is 24.1 Å². The van der Waals surface area contributed by atoms with E-state index in [1.54, 1.807) is 12.4 Å². The first-order chi connectivity index (χ1) is 6.74. The Morgan fingerprint density at radius 3 is 3.07 bits per heavy atom. The molecule has 0 spiro atoms. The third kappa shape index (κ3) is 3.34. The highest BCUT2D eigenvalue weighted by Gasteiger charge is 2.01. The summed E-state index contributed by atoms with van der Waals surface area (Å²) in [6.07, 6.45) is 3.87. The molecule has 0 saturated heterocycles. The largest absolute Gasteiger partial charge is 0.352 e. The van der Waals surface area contributed by atoms with Crippen LogP contribution in [-0.2, 0) is 11.3 Å². The molecule has 1 aromatic heterocycles. The van der Waals surface area contributed by atoms with Crippen LogP contribution >= 0.6 is 11.6 Å². The van der Waals surface area contributed by atoms with Gasteiger partial charge < -0.3 is 5.32 Å². The lowest BCUT2D eigenvalue weighted by Gasteiger charge is -2.06. The van der Waals surface area contributed by atoms with E-state index in [9.17, 15) is 4.79 Å². The number of hydrogen-bond donors (Lipinski definition) is 1. The molecule has 1 N–H and O–H groups in total. The second kappa shape index (κ2) is 5.60. The number of amides is 1. The van der Waals surface area contributed by atoms with Crippen LogP contribution in [0.2, 0.25) is 0 Å². The van der Waals surface area contributed by atoms with Gasteiger partial charge in [0.1, 0.15) is 0 Å². The Hall–Kier alpha value is -1.09. The minimum atomic E-state index is -0.0174. The number of rotatable bonds is 4. The highest BCUT2D eigenvalue weighted by atomic mass is 35.5. The van der Waals surface area contributed by atoms with Crippen molar-refractivity contribution in [3.05, 3.63) is 29.6 Å². The summed E-state index contributed by atoms with van der Waals surface area (Å²) >= 11 is 5.44. The van der Waals surface area contributed by atoms with Crippen LogP contribution in [0, 0.1) is 6.92 Å². The number of aromatic nitrogens is 1. The first kappa shape index (κ1) is 11.0. The second-order valence-corrected chi connectivity index (χ2v) is 3.40. The molecule has 1 aromatic rings. The van der Waals surface area contributed by atoms with Crippen LogP contribution in [0.1, 0.15) is 17.5 Å². The zero-order valence-corrected chi connectivity index (χ0v) is 8.84. The van der Waals surface area contributed by atoms with Gasteiger partial charge in [-0.25, -0.2) is 0 Å². The molecule has 76 valence electrons. The number of halogens is 1. The van der Waals surface area contributed by atoms with Gasteiger partial charge >= 0.3 is 0 Å². The van der Waals surface area contributed by atoms with Gasteiger partial charge in [0, 0.05) is 31.2 Å². The zero-order chi connectivity index (χ0) is 10.4. The van der Waals surface area contributed by atoms with Crippen LogP contribution in [0.5, 0.6) is 0 Å². The third-order valence-electron chi connectivity index (χ3n) is 1.93. The molecular formula is C10H13ClN2O. The minimum Gasteiger partial charge on any atom is -0.352 e. The Labute approximate surface area is 88.5 Å². The molecule has 1 amide bonds. The molecule has 0 fully saturated rings. The molecule has 0 saturated carbocycles.